The van der Waals surface area contributed by atoms with E-state index < -0.39 is 0 Å². The summed E-state index contributed by atoms with van der Waals surface area (Å²) in [6.07, 6.45) is 1.96. The summed E-state index contributed by atoms with van der Waals surface area (Å²) in [6.45, 7) is 8.63. The van der Waals surface area contributed by atoms with Gasteiger partial charge < -0.3 is 15.0 Å². The Hall–Kier alpha value is -1.55. The molecule has 0 aromatic heterocycles. The van der Waals surface area contributed by atoms with Crippen molar-refractivity contribution >= 4 is 5.91 Å². The van der Waals surface area contributed by atoms with Crippen LogP contribution in [0.5, 0.6) is 5.75 Å². The number of piperidine rings is 1. The summed E-state index contributed by atoms with van der Waals surface area (Å²) in [6, 6.07) is 7.93. The van der Waals surface area contributed by atoms with E-state index in [-0.39, 0.29) is 11.4 Å². The van der Waals surface area contributed by atoms with Crippen molar-refractivity contribution in [2.24, 2.45) is 0 Å². The number of hydrogen-bond acceptors (Lipinski definition) is 3. The zero-order valence-corrected chi connectivity index (χ0v) is 13.5. The molecular weight excluding hydrogens is 264 g/mol. The van der Waals surface area contributed by atoms with Crippen molar-refractivity contribution in [3.8, 4) is 5.75 Å². The highest BCUT2D eigenvalue weighted by Gasteiger charge is 2.32. The third-order valence-electron chi connectivity index (χ3n) is 4.40. The Morgan fingerprint density at radius 2 is 1.90 bits per heavy atom. The van der Waals surface area contributed by atoms with Gasteiger partial charge in [-0.25, -0.2) is 0 Å². The Kier molecular flexibility index (Phi) is 4.88. The smallest absolute Gasteiger partial charge is 0.255 e. The first-order valence-corrected chi connectivity index (χ1v) is 7.65. The van der Waals surface area contributed by atoms with Gasteiger partial charge in [0, 0.05) is 24.7 Å². The lowest BCUT2D eigenvalue weighted by Crippen LogP contribution is -2.54. The Morgan fingerprint density at radius 3 is 2.48 bits per heavy atom. The van der Waals surface area contributed by atoms with E-state index in [0.717, 1.165) is 25.9 Å². The van der Waals surface area contributed by atoms with Crippen molar-refractivity contribution in [3.05, 3.63) is 29.8 Å². The number of nitrogens with one attached hydrogen (secondary N) is 1. The first-order valence-electron chi connectivity index (χ1n) is 7.65. The van der Waals surface area contributed by atoms with Crippen LogP contribution in [-0.4, -0.2) is 42.6 Å². The minimum atomic E-state index is -0.136. The summed E-state index contributed by atoms with van der Waals surface area (Å²) < 4.78 is 5.27. The molecule has 1 fully saturated rings. The van der Waals surface area contributed by atoms with Crippen LogP contribution >= 0.6 is 0 Å². The number of methoxy groups -OCH3 is 1. The number of rotatable bonds is 4. The van der Waals surface area contributed by atoms with Gasteiger partial charge in [-0.1, -0.05) is 12.1 Å². The van der Waals surface area contributed by atoms with E-state index in [1.807, 2.05) is 18.2 Å². The summed E-state index contributed by atoms with van der Waals surface area (Å²) in [4.78, 5) is 15.0. The van der Waals surface area contributed by atoms with Gasteiger partial charge in [0.2, 0.25) is 0 Å². The molecule has 1 aromatic carbocycles. The Bertz CT molecular complexity index is 491. The normalized spacial score (nSPS) is 18.5. The van der Waals surface area contributed by atoms with E-state index in [1.165, 1.54) is 0 Å². The molecule has 1 saturated heterocycles. The Balaban J connectivity index is 2.03. The second-order valence-electron chi connectivity index (χ2n) is 6.34. The van der Waals surface area contributed by atoms with Crippen LogP contribution in [0.3, 0.4) is 0 Å². The lowest BCUT2D eigenvalue weighted by Gasteiger charge is -2.41. The number of carbonyl (C=O) groups excluding carboxylic acids is 1. The van der Waals surface area contributed by atoms with Crippen LogP contribution in [0.25, 0.3) is 0 Å². The average molecular weight is 290 g/mol. The van der Waals surface area contributed by atoms with Crippen molar-refractivity contribution in [1.82, 2.24) is 10.2 Å². The molecule has 0 bridgehead atoms. The zero-order chi connectivity index (χ0) is 15.5. The second-order valence-corrected chi connectivity index (χ2v) is 6.34. The standard InChI is InChI=1S/C17H26N2O2/c1-13(2)19-11-9-17(3,10-12-19)18-16(20)14-7-5-6-8-15(14)21-4/h5-8,13H,9-12H2,1-4H3,(H,18,20). The fourth-order valence-electron chi connectivity index (χ4n) is 2.83. The molecule has 4 nitrogen and oxygen atoms in total. The van der Waals surface area contributed by atoms with Gasteiger partial charge in [-0.15, -0.1) is 0 Å². The molecule has 0 radical (unpaired) electrons. The zero-order valence-electron chi connectivity index (χ0n) is 13.5. The maximum absolute atomic E-state index is 12.5. The van der Waals surface area contributed by atoms with Gasteiger partial charge >= 0.3 is 0 Å². The number of likely N-dealkylation sites (tertiary alicyclic amines) is 1. The number of para-hydroxylation sites is 1. The van der Waals surface area contributed by atoms with Crippen molar-refractivity contribution in [2.45, 2.75) is 45.2 Å². The topological polar surface area (TPSA) is 41.6 Å². The van der Waals surface area contributed by atoms with Gasteiger partial charge in [0.1, 0.15) is 5.75 Å². The summed E-state index contributed by atoms with van der Waals surface area (Å²) in [7, 11) is 1.59. The number of ether oxygens (including phenoxy) is 1. The monoisotopic (exact) mass is 290 g/mol. The van der Waals surface area contributed by atoms with Crippen molar-refractivity contribution in [3.63, 3.8) is 0 Å². The van der Waals surface area contributed by atoms with E-state index >= 15 is 0 Å². The number of carbonyl (C=O) groups is 1. The molecular formula is C17H26N2O2. The predicted octanol–water partition coefficient (Wildman–Crippen LogP) is 2.69. The molecule has 1 heterocycles. The van der Waals surface area contributed by atoms with Crippen LogP contribution < -0.4 is 10.1 Å². The largest absolute Gasteiger partial charge is 0.496 e. The minimum Gasteiger partial charge on any atom is -0.496 e. The molecule has 0 spiro atoms. The molecule has 0 unspecified atom stereocenters. The van der Waals surface area contributed by atoms with E-state index in [4.69, 9.17) is 4.74 Å². The first kappa shape index (κ1) is 15.8. The maximum atomic E-state index is 12.5. The van der Waals surface area contributed by atoms with Gasteiger partial charge in [-0.05, 0) is 45.7 Å². The van der Waals surface area contributed by atoms with Crippen LogP contribution in [0.15, 0.2) is 24.3 Å². The van der Waals surface area contributed by atoms with Crippen LogP contribution in [0.1, 0.15) is 44.0 Å². The van der Waals surface area contributed by atoms with E-state index in [2.05, 4.69) is 31.0 Å². The van der Waals surface area contributed by atoms with Crippen molar-refractivity contribution < 1.29 is 9.53 Å². The van der Waals surface area contributed by atoms with Gasteiger partial charge in [-0.2, -0.15) is 0 Å². The lowest BCUT2D eigenvalue weighted by atomic mass is 9.88. The Morgan fingerprint density at radius 1 is 1.29 bits per heavy atom. The van der Waals surface area contributed by atoms with Gasteiger partial charge in [-0.3, -0.25) is 4.79 Å². The third kappa shape index (κ3) is 3.76. The summed E-state index contributed by atoms with van der Waals surface area (Å²) in [5, 5.41) is 3.20. The SMILES string of the molecule is COc1ccccc1C(=O)NC1(C)CCN(C(C)C)CC1. The third-order valence-corrected chi connectivity index (χ3v) is 4.40. The maximum Gasteiger partial charge on any atom is 0.255 e. The predicted molar refractivity (Wildman–Crippen MR) is 84.8 cm³/mol. The highest BCUT2D eigenvalue weighted by molar-refractivity contribution is 5.97. The molecule has 0 aliphatic carbocycles. The molecule has 1 aromatic rings. The van der Waals surface area contributed by atoms with Crippen LogP contribution in [-0.2, 0) is 0 Å². The molecule has 1 aliphatic heterocycles. The van der Waals surface area contributed by atoms with Crippen LogP contribution in [0.4, 0.5) is 0 Å². The summed E-state index contributed by atoms with van der Waals surface area (Å²) in [5.41, 5.74) is 0.469. The highest BCUT2D eigenvalue weighted by atomic mass is 16.5. The molecule has 1 N–H and O–H groups in total. The average Bonchev–Trinajstić information content (AvgIpc) is 2.47. The fraction of sp³-hybridized carbons (Fsp3) is 0.588. The van der Waals surface area contributed by atoms with Crippen LogP contribution in [0.2, 0.25) is 0 Å². The number of hydrogen-bond donors (Lipinski definition) is 1. The molecule has 0 saturated carbocycles. The quantitative estimate of drug-likeness (QED) is 0.927. The van der Waals surface area contributed by atoms with E-state index in [9.17, 15) is 4.79 Å². The van der Waals surface area contributed by atoms with Gasteiger partial charge in [0.05, 0.1) is 12.7 Å². The summed E-state index contributed by atoms with van der Waals surface area (Å²) >= 11 is 0. The summed E-state index contributed by atoms with van der Waals surface area (Å²) in [5.74, 6) is 0.575. The van der Waals surface area contributed by atoms with E-state index in [1.54, 1.807) is 13.2 Å². The number of amides is 1. The lowest BCUT2D eigenvalue weighted by molar-refractivity contribution is 0.0799. The molecule has 21 heavy (non-hydrogen) atoms. The van der Waals surface area contributed by atoms with Gasteiger partial charge in [0.25, 0.3) is 5.91 Å². The van der Waals surface area contributed by atoms with Crippen molar-refractivity contribution in [1.29, 1.82) is 0 Å². The van der Waals surface area contributed by atoms with E-state index in [0.29, 0.717) is 17.4 Å². The minimum absolute atomic E-state index is 0.0482. The molecule has 1 amide bonds. The second kappa shape index (κ2) is 6.48. The fourth-order valence-corrected chi connectivity index (χ4v) is 2.83. The molecule has 2 rings (SSSR count). The first-order chi connectivity index (χ1) is 9.95. The highest BCUT2D eigenvalue weighted by Crippen LogP contribution is 2.25. The molecule has 0 atom stereocenters. The van der Waals surface area contributed by atoms with Crippen LogP contribution in [0, 0.1) is 0 Å². The molecule has 116 valence electrons. The number of nitrogens with zero attached hydrogens (tertiary/aromatic N) is 1. The number of benzene rings is 1. The Labute approximate surface area is 127 Å². The molecule has 1 aliphatic rings. The van der Waals surface area contributed by atoms with Gasteiger partial charge in [0.15, 0.2) is 0 Å². The molecule has 4 heteroatoms. The van der Waals surface area contributed by atoms with Crippen molar-refractivity contribution in [2.75, 3.05) is 20.2 Å².